The van der Waals surface area contributed by atoms with E-state index in [2.05, 4.69) is 44.8 Å². The summed E-state index contributed by atoms with van der Waals surface area (Å²) in [5, 5.41) is 3.32. The highest BCUT2D eigenvalue weighted by Crippen LogP contribution is 2.35. The van der Waals surface area contributed by atoms with Gasteiger partial charge in [0.05, 0.1) is 0 Å². The quantitative estimate of drug-likeness (QED) is 0.868. The van der Waals surface area contributed by atoms with Crippen molar-refractivity contribution < 1.29 is 0 Å². The largest absolute Gasteiger partial charge is 0.351 e. The number of halogens is 1. The van der Waals surface area contributed by atoms with E-state index in [-0.39, 0.29) is 0 Å². The molecule has 0 amide bonds. The Morgan fingerprint density at radius 3 is 2.77 bits per heavy atom. The van der Waals surface area contributed by atoms with Crippen LogP contribution in [0.25, 0.3) is 0 Å². The maximum atomic E-state index is 4.20. The maximum absolute atomic E-state index is 4.20. The van der Waals surface area contributed by atoms with Gasteiger partial charge >= 0.3 is 0 Å². The van der Waals surface area contributed by atoms with Crippen LogP contribution < -0.4 is 5.32 Å². The highest BCUT2D eigenvalue weighted by atomic mass is 127. The SMILES string of the molecule is CC[C@@H]1C[C@H]1Nc1ncc(I)cn1. The number of hydrogen-bond acceptors (Lipinski definition) is 3. The van der Waals surface area contributed by atoms with Gasteiger partial charge in [0.25, 0.3) is 0 Å². The van der Waals surface area contributed by atoms with Crippen LogP contribution >= 0.6 is 22.6 Å². The molecular weight excluding hydrogens is 277 g/mol. The average molecular weight is 289 g/mol. The Morgan fingerprint density at radius 1 is 1.54 bits per heavy atom. The normalized spacial score (nSPS) is 25.7. The van der Waals surface area contributed by atoms with Gasteiger partial charge in [0, 0.05) is 22.0 Å². The number of nitrogens with one attached hydrogen (secondary N) is 1. The molecule has 1 aliphatic carbocycles. The highest BCUT2D eigenvalue weighted by Gasteiger charge is 2.35. The van der Waals surface area contributed by atoms with Gasteiger partial charge in [-0.25, -0.2) is 9.97 Å². The van der Waals surface area contributed by atoms with E-state index in [1.807, 2.05) is 12.4 Å². The zero-order valence-electron chi connectivity index (χ0n) is 7.50. The van der Waals surface area contributed by atoms with Crippen molar-refractivity contribution >= 4 is 28.5 Å². The van der Waals surface area contributed by atoms with Gasteiger partial charge in [0.15, 0.2) is 0 Å². The lowest BCUT2D eigenvalue weighted by atomic mass is 10.3. The van der Waals surface area contributed by atoms with Crippen LogP contribution in [0.4, 0.5) is 5.95 Å². The molecule has 0 radical (unpaired) electrons. The fraction of sp³-hybridized carbons (Fsp3) is 0.556. The number of rotatable bonds is 3. The van der Waals surface area contributed by atoms with E-state index in [1.54, 1.807) is 0 Å². The first kappa shape index (κ1) is 9.18. The van der Waals surface area contributed by atoms with Crippen LogP contribution in [0.5, 0.6) is 0 Å². The van der Waals surface area contributed by atoms with Crippen molar-refractivity contribution in [3.63, 3.8) is 0 Å². The minimum absolute atomic E-state index is 0.616. The Balaban J connectivity index is 1.92. The fourth-order valence-corrected chi connectivity index (χ4v) is 1.71. The van der Waals surface area contributed by atoms with Crippen LogP contribution in [-0.4, -0.2) is 16.0 Å². The summed E-state index contributed by atoms with van der Waals surface area (Å²) in [6, 6.07) is 0.616. The van der Waals surface area contributed by atoms with Crippen LogP contribution in [-0.2, 0) is 0 Å². The molecule has 2 rings (SSSR count). The van der Waals surface area contributed by atoms with Crippen LogP contribution in [0.15, 0.2) is 12.4 Å². The Labute approximate surface area is 91.5 Å². The minimum Gasteiger partial charge on any atom is -0.351 e. The zero-order chi connectivity index (χ0) is 9.26. The van der Waals surface area contributed by atoms with Gasteiger partial charge in [-0.05, 0) is 34.9 Å². The molecule has 4 heteroatoms. The Bertz CT molecular complexity index is 285. The molecule has 1 N–H and O–H groups in total. The van der Waals surface area contributed by atoms with Gasteiger partial charge in [-0.15, -0.1) is 0 Å². The van der Waals surface area contributed by atoms with Gasteiger partial charge in [-0.1, -0.05) is 13.3 Å². The first-order valence-electron chi connectivity index (χ1n) is 4.53. The van der Waals surface area contributed by atoms with Crippen LogP contribution in [0, 0.1) is 9.49 Å². The third-order valence-corrected chi connectivity index (χ3v) is 2.94. The van der Waals surface area contributed by atoms with E-state index in [0.29, 0.717) is 6.04 Å². The van der Waals surface area contributed by atoms with Gasteiger partial charge in [-0.3, -0.25) is 0 Å². The van der Waals surface area contributed by atoms with Crippen molar-refractivity contribution in [2.45, 2.75) is 25.8 Å². The average Bonchev–Trinajstić information content (AvgIpc) is 2.88. The molecule has 1 aromatic rings. The fourth-order valence-electron chi connectivity index (χ4n) is 1.43. The van der Waals surface area contributed by atoms with Crippen molar-refractivity contribution in [1.29, 1.82) is 0 Å². The molecular formula is C9H12IN3. The molecule has 1 heterocycles. The van der Waals surface area contributed by atoms with Gasteiger partial charge in [0.2, 0.25) is 5.95 Å². The molecule has 0 bridgehead atoms. The minimum atomic E-state index is 0.616. The van der Waals surface area contributed by atoms with E-state index in [0.717, 1.165) is 15.4 Å². The summed E-state index contributed by atoms with van der Waals surface area (Å²) in [5.41, 5.74) is 0. The molecule has 1 aliphatic rings. The van der Waals surface area contributed by atoms with E-state index >= 15 is 0 Å². The third kappa shape index (κ3) is 2.30. The summed E-state index contributed by atoms with van der Waals surface area (Å²) in [6.07, 6.45) is 6.19. The van der Waals surface area contributed by atoms with Gasteiger partial charge in [0.1, 0.15) is 0 Å². The van der Waals surface area contributed by atoms with Gasteiger partial charge in [-0.2, -0.15) is 0 Å². The topological polar surface area (TPSA) is 37.8 Å². The molecule has 0 saturated heterocycles. The second kappa shape index (κ2) is 3.77. The first-order valence-corrected chi connectivity index (χ1v) is 5.61. The predicted octanol–water partition coefficient (Wildman–Crippen LogP) is 2.29. The molecule has 2 atom stereocenters. The second-order valence-corrected chi connectivity index (χ2v) is 4.63. The van der Waals surface area contributed by atoms with Crippen LogP contribution in [0.3, 0.4) is 0 Å². The van der Waals surface area contributed by atoms with Gasteiger partial charge < -0.3 is 5.32 Å². The molecule has 70 valence electrons. The zero-order valence-corrected chi connectivity index (χ0v) is 9.65. The smallest absolute Gasteiger partial charge is 0.222 e. The van der Waals surface area contributed by atoms with Crippen molar-refractivity contribution in [2.24, 2.45) is 5.92 Å². The summed E-state index contributed by atoms with van der Waals surface area (Å²) in [7, 11) is 0. The number of nitrogens with zero attached hydrogens (tertiary/aromatic N) is 2. The monoisotopic (exact) mass is 289 g/mol. The molecule has 1 saturated carbocycles. The molecule has 13 heavy (non-hydrogen) atoms. The summed E-state index contributed by atoms with van der Waals surface area (Å²) in [6.45, 7) is 2.22. The van der Waals surface area contributed by atoms with Crippen molar-refractivity contribution in [3.05, 3.63) is 16.0 Å². The Kier molecular flexibility index (Phi) is 2.66. The highest BCUT2D eigenvalue weighted by molar-refractivity contribution is 14.1. The molecule has 0 spiro atoms. The summed E-state index contributed by atoms with van der Waals surface area (Å²) >= 11 is 2.20. The van der Waals surface area contributed by atoms with E-state index < -0.39 is 0 Å². The molecule has 0 unspecified atom stereocenters. The molecule has 1 aromatic heterocycles. The lowest BCUT2D eigenvalue weighted by molar-refractivity contribution is 0.771. The molecule has 0 aromatic carbocycles. The number of anilines is 1. The third-order valence-electron chi connectivity index (χ3n) is 2.38. The van der Waals surface area contributed by atoms with Crippen molar-refractivity contribution in [3.8, 4) is 0 Å². The van der Waals surface area contributed by atoms with E-state index in [1.165, 1.54) is 12.8 Å². The Hall–Kier alpha value is -0.390. The van der Waals surface area contributed by atoms with Crippen LogP contribution in [0.2, 0.25) is 0 Å². The molecule has 3 nitrogen and oxygen atoms in total. The van der Waals surface area contributed by atoms with Crippen molar-refractivity contribution in [2.75, 3.05) is 5.32 Å². The lowest BCUT2D eigenvalue weighted by Crippen LogP contribution is -2.07. The number of hydrogen-bond donors (Lipinski definition) is 1. The maximum Gasteiger partial charge on any atom is 0.222 e. The summed E-state index contributed by atoms with van der Waals surface area (Å²) < 4.78 is 1.07. The van der Waals surface area contributed by atoms with E-state index in [4.69, 9.17) is 0 Å². The lowest BCUT2D eigenvalue weighted by Gasteiger charge is -2.01. The Morgan fingerprint density at radius 2 is 2.23 bits per heavy atom. The standard InChI is InChI=1S/C9H12IN3/c1-2-6-3-8(6)13-9-11-4-7(10)5-12-9/h4-6,8H,2-3H2,1H3,(H,11,12,13)/t6-,8-/m1/s1. The van der Waals surface area contributed by atoms with Crippen LogP contribution in [0.1, 0.15) is 19.8 Å². The van der Waals surface area contributed by atoms with Crippen molar-refractivity contribution in [1.82, 2.24) is 9.97 Å². The summed E-state index contributed by atoms with van der Waals surface area (Å²) in [4.78, 5) is 8.39. The molecule has 1 fully saturated rings. The number of aromatic nitrogens is 2. The van der Waals surface area contributed by atoms with E-state index in [9.17, 15) is 0 Å². The first-order chi connectivity index (χ1) is 6.29. The second-order valence-electron chi connectivity index (χ2n) is 3.38. The summed E-state index contributed by atoms with van der Waals surface area (Å²) in [5.74, 6) is 1.60. The molecule has 0 aliphatic heterocycles. The predicted molar refractivity (Wildman–Crippen MR) is 60.6 cm³/mol.